The Morgan fingerprint density at radius 3 is 2.53 bits per heavy atom. The van der Waals surface area contributed by atoms with Crippen LogP contribution in [0.4, 0.5) is 4.39 Å². The van der Waals surface area contributed by atoms with Gasteiger partial charge in [0.05, 0.1) is 6.54 Å². The van der Waals surface area contributed by atoms with E-state index in [0.717, 1.165) is 16.6 Å². The Labute approximate surface area is 111 Å². The van der Waals surface area contributed by atoms with Crippen LogP contribution in [0.15, 0.2) is 54.6 Å². The first-order chi connectivity index (χ1) is 9.29. The molecule has 0 saturated heterocycles. The van der Waals surface area contributed by atoms with Crippen LogP contribution in [-0.2, 0) is 13.1 Å². The number of halogens is 1. The number of benzene rings is 2. The number of rotatable bonds is 3. The number of nitrogens with zero attached hydrogens (tertiary/aromatic N) is 1. The molecule has 3 aromatic rings. The number of para-hydroxylation sites is 1. The van der Waals surface area contributed by atoms with Gasteiger partial charge < -0.3 is 10.3 Å². The Kier molecular flexibility index (Phi) is 3.05. The van der Waals surface area contributed by atoms with E-state index in [1.807, 2.05) is 36.4 Å². The van der Waals surface area contributed by atoms with E-state index in [9.17, 15) is 4.39 Å². The van der Waals surface area contributed by atoms with Crippen LogP contribution < -0.4 is 5.73 Å². The van der Waals surface area contributed by atoms with Gasteiger partial charge in [-0.3, -0.25) is 0 Å². The Balaban J connectivity index is 2.12. The van der Waals surface area contributed by atoms with Gasteiger partial charge in [-0.25, -0.2) is 4.39 Å². The van der Waals surface area contributed by atoms with Crippen LogP contribution in [0.5, 0.6) is 0 Å². The van der Waals surface area contributed by atoms with Crippen molar-refractivity contribution in [2.45, 2.75) is 13.1 Å². The lowest BCUT2D eigenvalue weighted by Crippen LogP contribution is -2.09. The highest BCUT2D eigenvalue weighted by Crippen LogP contribution is 2.21. The average Bonchev–Trinajstić information content (AvgIpc) is 2.79. The number of nitrogens with two attached hydrogens (primary N) is 1. The SMILES string of the molecule is NCc1cc2ccccc2n1Cc1ccccc1F. The van der Waals surface area contributed by atoms with Crippen molar-refractivity contribution in [3.05, 3.63) is 71.7 Å². The maximum Gasteiger partial charge on any atom is 0.128 e. The summed E-state index contributed by atoms with van der Waals surface area (Å²) in [6, 6.07) is 17.0. The largest absolute Gasteiger partial charge is 0.339 e. The third-order valence-electron chi connectivity index (χ3n) is 3.39. The summed E-state index contributed by atoms with van der Waals surface area (Å²) in [5, 5.41) is 1.14. The fraction of sp³-hybridized carbons (Fsp3) is 0.125. The molecule has 1 heterocycles. The van der Waals surface area contributed by atoms with Gasteiger partial charge in [-0.1, -0.05) is 36.4 Å². The maximum absolute atomic E-state index is 13.8. The standard InChI is InChI=1S/C16H15FN2/c17-15-7-3-1-6-13(15)11-19-14(10-18)9-12-5-2-4-8-16(12)19/h1-9H,10-11,18H2. The lowest BCUT2D eigenvalue weighted by molar-refractivity contribution is 0.599. The van der Waals surface area contributed by atoms with E-state index < -0.39 is 0 Å². The average molecular weight is 254 g/mol. The lowest BCUT2D eigenvalue weighted by Gasteiger charge is -2.10. The van der Waals surface area contributed by atoms with Crippen molar-refractivity contribution in [2.75, 3.05) is 0 Å². The molecule has 96 valence electrons. The fourth-order valence-corrected chi connectivity index (χ4v) is 2.42. The summed E-state index contributed by atoms with van der Waals surface area (Å²) in [6.45, 7) is 0.954. The van der Waals surface area contributed by atoms with Gasteiger partial charge in [0.2, 0.25) is 0 Å². The number of hydrogen-bond acceptors (Lipinski definition) is 1. The van der Waals surface area contributed by atoms with Gasteiger partial charge >= 0.3 is 0 Å². The van der Waals surface area contributed by atoms with E-state index in [1.54, 1.807) is 6.07 Å². The quantitative estimate of drug-likeness (QED) is 0.764. The molecular formula is C16H15FN2. The minimum absolute atomic E-state index is 0.178. The molecule has 0 amide bonds. The second kappa shape index (κ2) is 4.86. The van der Waals surface area contributed by atoms with Crippen molar-refractivity contribution in [3.63, 3.8) is 0 Å². The molecule has 0 atom stereocenters. The molecule has 19 heavy (non-hydrogen) atoms. The molecule has 2 aromatic carbocycles. The molecule has 3 heteroatoms. The molecule has 0 aliphatic carbocycles. The molecule has 0 aliphatic heterocycles. The Morgan fingerprint density at radius 1 is 1.00 bits per heavy atom. The van der Waals surface area contributed by atoms with E-state index in [0.29, 0.717) is 18.7 Å². The number of fused-ring (bicyclic) bond motifs is 1. The molecule has 3 rings (SSSR count). The van der Waals surface area contributed by atoms with Gasteiger partial charge in [-0.05, 0) is 23.6 Å². The molecule has 0 fully saturated rings. The van der Waals surface area contributed by atoms with Crippen LogP contribution in [-0.4, -0.2) is 4.57 Å². The second-order valence-corrected chi connectivity index (χ2v) is 4.58. The monoisotopic (exact) mass is 254 g/mol. The number of aromatic nitrogens is 1. The van der Waals surface area contributed by atoms with Crippen LogP contribution >= 0.6 is 0 Å². The molecule has 2 N–H and O–H groups in total. The molecule has 0 saturated carbocycles. The molecule has 0 spiro atoms. The van der Waals surface area contributed by atoms with E-state index in [4.69, 9.17) is 5.73 Å². The third kappa shape index (κ3) is 2.13. The highest BCUT2D eigenvalue weighted by molar-refractivity contribution is 5.81. The van der Waals surface area contributed by atoms with Crippen molar-refractivity contribution in [3.8, 4) is 0 Å². The first-order valence-corrected chi connectivity index (χ1v) is 6.30. The molecule has 0 aliphatic rings. The molecule has 0 bridgehead atoms. The van der Waals surface area contributed by atoms with Crippen molar-refractivity contribution in [2.24, 2.45) is 5.73 Å². The maximum atomic E-state index is 13.8. The molecule has 0 unspecified atom stereocenters. The molecular weight excluding hydrogens is 239 g/mol. The van der Waals surface area contributed by atoms with Crippen molar-refractivity contribution in [1.29, 1.82) is 0 Å². The normalized spacial score (nSPS) is 11.1. The van der Waals surface area contributed by atoms with Gasteiger partial charge in [0, 0.05) is 23.3 Å². The Hall–Kier alpha value is -2.13. The predicted octanol–water partition coefficient (Wildman–Crippen LogP) is 3.29. The first-order valence-electron chi connectivity index (χ1n) is 6.30. The second-order valence-electron chi connectivity index (χ2n) is 4.58. The zero-order valence-corrected chi connectivity index (χ0v) is 10.5. The Bertz CT molecular complexity index is 716. The highest BCUT2D eigenvalue weighted by atomic mass is 19.1. The third-order valence-corrected chi connectivity index (χ3v) is 3.39. The van der Waals surface area contributed by atoms with Crippen LogP contribution in [0.3, 0.4) is 0 Å². The van der Waals surface area contributed by atoms with E-state index in [1.165, 1.54) is 6.07 Å². The molecule has 1 aromatic heterocycles. The van der Waals surface area contributed by atoms with E-state index >= 15 is 0 Å². The van der Waals surface area contributed by atoms with Crippen LogP contribution in [0, 0.1) is 5.82 Å². The summed E-state index contributed by atoms with van der Waals surface area (Å²) in [4.78, 5) is 0. The van der Waals surface area contributed by atoms with Crippen LogP contribution in [0.25, 0.3) is 10.9 Å². The van der Waals surface area contributed by atoms with E-state index in [2.05, 4.69) is 10.6 Å². The topological polar surface area (TPSA) is 30.9 Å². The number of hydrogen-bond donors (Lipinski definition) is 1. The van der Waals surface area contributed by atoms with Gasteiger partial charge in [-0.2, -0.15) is 0 Å². The van der Waals surface area contributed by atoms with Gasteiger partial charge in [0.1, 0.15) is 5.82 Å². The molecule has 2 nitrogen and oxygen atoms in total. The summed E-state index contributed by atoms with van der Waals surface area (Å²) in [5.41, 5.74) is 8.58. The van der Waals surface area contributed by atoms with Gasteiger partial charge in [-0.15, -0.1) is 0 Å². The fourth-order valence-electron chi connectivity index (χ4n) is 2.42. The summed E-state index contributed by atoms with van der Waals surface area (Å²) >= 11 is 0. The predicted molar refractivity (Wildman–Crippen MR) is 75.3 cm³/mol. The van der Waals surface area contributed by atoms with Crippen molar-refractivity contribution < 1.29 is 4.39 Å². The van der Waals surface area contributed by atoms with Crippen LogP contribution in [0.2, 0.25) is 0 Å². The smallest absolute Gasteiger partial charge is 0.128 e. The zero-order chi connectivity index (χ0) is 13.2. The van der Waals surface area contributed by atoms with Crippen molar-refractivity contribution in [1.82, 2.24) is 4.57 Å². The van der Waals surface area contributed by atoms with Gasteiger partial charge in [0.25, 0.3) is 0 Å². The summed E-state index contributed by atoms with van der Waals surface area (Å²) in [6.07, 6.45) is 0. The zero-order valence-electron chi connectivity index (χ0n) is 10.5. The first kappa shape index (κ1) is 11.9. The highest BCUT2D eigenvalue weighted by Gasteiger charge is 2.09. The van der Waals surface area contributed by atoms with Crippen LogP contribution in [0.1, 0.15) is 11.3 Å². The minimum atomic E-state index is -0.178. The van der Waals surface area contributed by atoms with Gasteiger partial charge in [0.15, 0.2) is 0 Å². The lowest BCUT2D eigenvalue weighted by atomic mass is 10.2. The van der Waals surface area contributed by atoms with Crippen molar-refractivity contribution >= 4 is 10.9 Å². The Morgan fingerprint density at radius 2 is 1.74 bits per heavy atom. The van der Waals surface area contributed by atoms with E-state index in [-0.39, 0.29) is 5.82 Å². The summed E-state index contributed by atoms with van der Waals surface area (Å²) in [7, 11) is 0. The summed E-state index contributed by atoms with van der Waals surface area (Å²) < 4.78 is 15.8. The summed E-state index contributed by atoms with van der Waals surface area (Å²) in [5.74, 6) is -0.178. The molecule has 0 radical (unpaired) electrons. The minimum Gasteiger partial charge on any atom is -0.339 e.